The van der Waals surface area contributed by atoms with Gasteiger partial charge in [0.2, 0.25) is 0 Å². The molecule has 2 aromatic rings. The highest BCUT2D eigenvalue weighted by atomic mass is 16.4. The van der Waals surface area contributed by atoms with E-state index in [1.807, 2.05) is 12.1 Å². The Hall–Kier alpha value is -2.42. The van der Waals surface area contributed by atoms with Gasteiger partial charge in [0.15, 0.2) is 5.78 Å². The molecule has 0 atom stereocenters. The monoisotopic (exact) mass is 310 g/mol. The highest BCUT2D eigenvalue weighted by molar-refractivity contribution is 5.97. The van der Waals surface area contributed by atoms with E-state index in [4.69, 9.17) is 5.11 Å². The largest absolute Gasteiger partial charge is 0.481 e. The van der Waals surface area contributed by atoms with Gasteiger partial charge in [0.25, 0.3) is 0 Å². The van der Waals surface area contributed by atoms with Gasteiger partial charge >= 0.3 is 5.97 Å². The molecule has 2 aromatic carbocycles. The number of rotatable bonds is 8. The van der Waals surface area contributed by atoms with E-state index < -0.39 is 5.97 Å². The molecule has 23 heavy (non-hydrogen) atoms. The summed E-state index contributed by atoms with van der Waals surface area (Å²) in [6, 6.07) is 15.9. The van der Waals surface area contributed by atoms with Gasteiger partial charge in [-0.25, -0.2) is 0 Å². The van der Waals surface area contributed by atoms with E-state index >= 15 is 0 Å². The number of hydrogen-bond acceptors (Lipinski definition) is 2. The SMILES string of the molecule is CCCCc1ccc(-c2ccc(C(=O)CCC(=O)O)cc2)cc1. The molecule has 0 aliphatic rings. The fourth-order valence-corrected chi connectivity index (χ4v) is 2.46. The number of Topliss-reactive ketones (excluding diaryl/α,β-unsaturated/α-hetero) is 1. The number of benzene rings is 2. The molecule has 0 aliphatic carbocycles. The maximum Gasteiger partial charge on any atom is 0.303 e. The Morgan fingerprint density at radius 1 is 0.870 bits per heavy atom. The Labute approximate surface area is 137 Å². The minimum Gasteiger partial charge on any atom is -0.481 e. The molecule has 0 aliphatic heterocycles. The van der Waals surface area contributed by atoms with Gasteiger partial charge in [0.05, 0.1) is 6.42 Å². The van der Waals surface area contributed by atoms with Crippen LogP contribution in [0.15, 0.2) is 48.5 Å². The average molecular weight is 310 g/mol. The van der Waals surface area contributed by atoms with Gasteiger partial charge in [-0.15, -0.1) is 0 Å². The zero-order chi connectivity index (χ0) is 16.7. The third kappa shape index (κ3) is 5.06. The van der Waals surface area contributed by atoms with Crippen molar-refractivity contribution in [1.82, 2.24) is 0 Å². The van der Waals surface area contributed by atoms with E-state index in [1.165, 1.54) is 18.4 Å². The smallest absolute Gasteiger partial charge is 0.303 e. The maximum absolute atomic E-state index is 11.9. The molecule has 0 spiro atoms. The second kappa shape index (κ2) is 8.28. The Morgan fingerprint density at radius 2 is 1.43 bits per heavy atom. The zero-order valence-electron chi connectivity index (χ0n) is 13.4. The molecule has 3 heteroatoms. The van der Waals surface area contributed by atoms with Crippen molar-refractivity contribution in [1.29, 1.82) is 0 Å². The van der Waals surface area contributed by atoms with Crippen LogP contribution in [0.25, 0.3) is 11.1 Å². The number of unbranched alkanes of at least 4 members (excludes halogenated alkanes) is 1. The van der Waals surface area contributed by atoms with Crippen LogP contribution >= 0.6 is 0 Å². The van der Waals surface area contributed by atoms with Gasteiger partial charge in [0.1, 0.15) is 0 Å². The van der Waals surface area contributed by atoms with E-state index in [0.29, 0.717) is 5.56 Å². The molecule has 0 bridgehead atoms. The Bertz CT molecular complexity index is 654. The van der Waals surface area contributed by atoms with Crippen molar-refractivity contribution in [3.8, 4) is 11.1 Å². The first-order chi connectivity index (χ1) is 11.1. The van der Waals surface area contributed by atoms with Gasteiger partial charge in [-0.1, -0.05) is 61.9 Å². The molecule has 0 radical (unpaired) electrons. The first-order valence-corrected chi connectivity index (χ1v) is 8.04. The lowest BCUT2D eigenvalue weighted by molar-refractivity contribution is -0.136. The van der Waals surface area contributed by atoms with Crippen LogP contribution in [0.1, 0.15) is 48.5 Å². The topological polar surface area (TPSA) is 54.4 Å². The molecule has 2 rings (SSSR count). The summed E-state index contributed by atoms with van der Waals surface area (Å²) in [5, 5.41) is 8.63. The second-order valence-corrected chi connectivity index (χ2v) is 5.69. The minimum absolute atomic E-state index is 0.0425. The molecule has 0 unspecified atom stereocenters. The first kappa shape index (κ1) is 16.9. The van der Waals surface area contributed by atoms with Crippen LogP contribution in [0.4, 0.5) is 0 Å². The van der Waals surface area contributed by atoms with Crippen molar-refractivity contribution in [2.24, 2.45) is 0 Å². The number of carbonyl (C=O) groups is 2. The Kier molecular flexibility index (Phi) is 6.10. The Balaban J connectivity index is 2.04. The van der Waals surface area contributed by atoms with E-state index in [0.717, 1.165) is 17.5 Å². The van der Waals surface area contributed by atoms with Crippen molar-refractivity contribution in [3.05, 3.63) is 59.7 Å². The van der Waals surface area contributed by atoms with Gasteiger partial charge in [-0.3, -0.25) is 9.59 Å². The lowest BCUT2D eigenvalue weighted by Gasteiger charge is -2.06. The number of carbonyl (C=O) groups excluding carboxylic acids is 1. The third-order valence-corrected chi connectivity index (χ3v) is 3.88. The highest BCUT2D eigenvalue weighted by Gasteiger charge is 2.08. The molecule has 0 fully saturated rings. The normalized spacial score (nSPS) is 10.5. The molecular formula is C20H22O3. The van der Waals surface area contributed by atoms with Crippen LogP contribution in [0.3, 0.4) is 0 Å². The zero-order valence-corrected chi connectivity index (χ0v) is 13.4. The molecule has 3 nitrogen and oxygen atoms in total. The van der Waals surface area contributed by atoms with Crippen LogP contribution in [0, 0.1) is 0 Å². The second-order valence-electron chi connectivity index (χ2n) is 5.69. The molecular weight excluding hydrogens is 288 g/mol. The standard InChI is InChI=1S/C20H22O3/c1-2-3-4-15-5-7-16(8-6-15)17-9-11-18(12-10-17)19(21)13-14-20(22)23/h5-12H,2-4,13-14H2,1H3,(H,22,23). The third-order valence-electron chi connectivity index (χ3n) is 3.88. The minimum atomic E-state index is -0.946. The van der Waals surface area contributed by atoms with E-state index in [-0.39, 0.29) is 18.6 Å². The van der Waals surface area contributed by atoms with Crippen molar-refractivity contribution in [3.63, 3.8) is 0 Å². The quantitative estimate of drug-likeness (QED) is 0.716. The first-order valence-electron chi connectivity index (χ1n) is 8.04. The molecule has 0 saturated carbocycles. The van der Waals surface area contributed by atoms with E-state index in [2.05, 4.69) is 31.2 Å². The molecule has 0 amide bonds. The number of carboxylic acid groups (broad SMARTS) is 1. The lowest BCUT2D eigenvalue weighted by Crippen LogP contribution is -2.03. The number of carboxylic acids is 1. The van der Waals surface area contributed by atoms with Gasteiger partial charge < -0.3 is 5.11 Å². The predicted molar refractivity (Wildman–Crippen MR) is 91.7 cm³/mol. The molecule has 0 saturated heterocycles. The van der Waals surface area contributed by atoms with Crippen molar-refractivity contribution in [2.75, 3.05) is 0 Å². The number of ketones is 1. The summed E-state index contributed by atoms with van der Waals surface area (Å²) in [6.45, 7) is 2.19. The van der Waals surface area contributed by atoms with Crippen LogP contribution in [-0.2, 0) is 11.2 Å². The Morgan fingerprint density at radius 3 is 1.96 bits per heavy atom. The molecule has 120 valence electrons. The summed E-state index contributed by atoms with van der Waals surface area (Å²) < 4.78 is 0. The summed E-state index contributed by atoms with van der Waals surface area (Å²) >= 11 is 0. The van der Waals surface area contributed by atoms with Gasteiger partial charge in [0, 0.05) is 12.0 Å². The van der Waals surface area contributed by atoms with E-state index in [9.17, 15) is 9.59 Å². The lowest BCUT2D eigenvalue weighted by atomic mass is 9.99. The average Bonchev–Trinajstić information content (AvgIpc) is 2.58. The van der Waals surface area contributed by atoms with E-state index in [1.54, 1.807) is 12.1 Å². The summed E-state index contributed by atoms with van der Waals surface area (Å²) in [5.74, 6) is -1.08. The van der Waals surface area contributed by atoms with Gasteiger partial charge in [-0.05, 0) is 29.5 Å². The summed E-state index contributed by atoms with van der Waals surface area (Å²) in [7, 11) is 0. The van der Waals surface area contributed by atoms with Crippen LogP contribution in [-0.4, -0.2) is 16.9 Å². The number of aryl methyl sites for hydroxylation is 1. The number of aliphatic carboxylic acids is 1. The maximum atomic E-state index is 11.9. The van der Waals surface area contributed by atoms with Crippen LogP contribution in [0.2, 0.25) is 0 Å². The van der Waals surface area contributed by atoms with Crippen molar-refractivity contribution in [2.45, 2.75) is 39.0 Å². The fraction of sp³-hybridized carbons (Fsp3) is 0.300. The summed E-state index contributed by atoms with van der Waals surface area (Å²) in [5.41, 5.74) is 4.09. The fourth-order valence-electron chi connectivity index (χ4n) is 2.46. The summed E-state index contributed by atoms with van der Waals surface area (Å²) in [4.78, 5) is 22.4. The summed E-state index contributed by atoms with van der Waals surface area (Å²) in [6.07, 6.45) is 3.42. The highest BCUT2D eigenvalue weighted by Crippen LogP contribution is 2.21. The molecule has 0 heterocycles. The molecule has 0 aromatic heterocycles. The van der Waals surface area contributed by atoms with Crippen molar-refractivity contribution < 1.29 is 14.7 Å². The van der Waals surface area contributed by atoms with Crippen LogP contribution < -0.4 is 0 Å². The molecule has 1 N–H and O–H groups in total. The number of hydrogen-bond donors (Lipinski definition) is 1. The predicted octanol–water partition coefficient (Wildman–Crippen LogP) is 4.74. The van der Waals surface area contributed by atoms with Crippen molar-refractivity contribution >= 4 is 11.8 Å². The van der Waals surface area contributed by atoms with Gasteiger partial charge in [-0.2, -0.15) is 0 Å². The van der Waals surface area contributed by atoms with Crippen LogP contribution in [0.5, 0.6) is 0 Å².